The zero-order valence-corrected chi connectivity index (χ0v) is 14.2. The minimum atomic E-state index is -0.257. The Kier molecular flexibility index (Phi) is 5.30. The standard InChI is InChI=1S/C8H18N2OP4S/c1-5-4-16-7-3-2-6(8(11)10(5)7)9-15(13)14-12/h5-7,9,14H,2-4,12-13H2,1H3. The number of carbonyl (C=O) groups is 1. The molecule has 7 unspecified atom stereocenters. The monoisotopic (exact) mass is 314 g/mol. The van der Waals surface area contributed by atoms with Gasteiger partial charge in [0, 0.05) is 19.2 Å². The summed E-state index contributed by atoms with van der Waals surface area (Å²) in [6.07, 6.45) is 2.15. The first kappa shape index (κ1) is 13.9. The van der Waals surface area contributed by atoms with Crippen molar-refractivity contribution in [3.63, 3.8) is 0 Å². The maximum absolute atomic E-state index is 12.3. The fourth-order valence-corrected chi connectivity index (χ4v) is 6.20. The molecule has 2 aliphatic heterocycles. The largest absolute Gasteiger partial charge is 0.326 e. The second kappa shape index (κ2) is 6.10. The number of nitrogens with one attached hydrogen (secondary N) is 1. The van der Waals surface area contributed by atoms with Crippen LogP contribution in [0.2, 0.25) is 0 Å². The van der Waals surface area contributed by atoms with E-state index < -0.39 is 0 Å². The van der Waals surface area contributed by atoms with Gasteiger partial charge in [0.2, 0.25) is 5.91 Å². The molecule has 8 heteroatoms. The Morgan fingerprint density at radius 2 is 2.38 bits per heavy atom. The third-order valence-electron chi connectivity index (χ3n) is 3.00. The Bertz CT molecular complexity index is 283. The summed E-state index contributed by atoms with van der Waals surface area (Å²) in [7, 11) is 6.13. The van der Waals surface area contributed by atoms with E-state index in [2.05, 4.69) is 34.8 Å². The lowest BCUT2D eigenvalue weighted by Crippen LogP contribution is -2.53. The zero-order chi connectivity index (χ0) is 11.7. The highest BCUT2D eigenvalue weighted by Gasteiger charge is 2.42. The third kappa shape index (κ3) is 2.90. The van der Waals surface area contributed by atoms with Gasteiger partial charge in [-0.2, -0.15) is 0 Å². The zero-order valence-electron chi connectivity index (χ0n) is 9.22. The summed E-state index contributed by atoms with van der Waals surface area (Å²) < 4.78 is 0. The van der Waals surface area contributed by atoms with Crippen LogP contribution < -0.4 is 5.09 Å². The Hall–Kier alpha value is 1.50. The van der Waals surface area contributed by atoms with E-state index in [9.17, 15) is 4.79 Å². The normalized spacial score (nSPS) is 37.1. The third-order valence-corrected chi connectivity index (χ3v) is 13.6. The second-order valence-electron chi connectivity index (χ2n) is 4.14. The number of hydrogen-bond acceptors (Lipinski definition) is 3. The van der Waals surface area contributed by atoms with Gasteiger partial charge in [0.25, 0.3) is 0 Å². The first-order chi connectivity index (χ1) is 7.63. The van der Waals surface area contributed by atoms with Crippen LogP contribution in [-0.2, 0) is 4.79 Å². The number of carbonyl (C=O) groups excluding carboxylic acids is 1. The summed E-state index contributed by atoms with van der Waals surface area (Å²) in [6.45, 7) is 2.16. The predicted molar refractivity (Wildman–Crippen MR) is 83.4 cm³/mol. The van der Waals surface area contributed by atoms with Crippen molar-refractivity contribution >= 4 is 50.9 Å². The van der Waals surface area contributed by atoms with Gasteiger partial charge in [-0.25, -0.2) is 0 Å². The van der Waals surface area contributed by atoms with Crippen molar-refractivity contribution < 1.29 is 4.79 Å². The van der Waals surface area contributed by atoms with E-state index in [1.54, 1.807) is 0 Å². The summed E-state index contributed by atoms with van der Waals surface area (Å²) in [6, 6.07) is 0.482. The van der Waals surface area contributed by atoms with Crippen LogP contribution in [0.15, 0.2) is 0 Å². The molecule has 2 fully saturated rings. The lowest BCUT2D eigenvalue weighted by Gasteiger charge is -2.37. The average Bonchev–Trinajstić information content (AvgIpc) is 2.65. The van der Waals surface area contributed by atoms with E-state index in [0.29, 0.717) is 17.3 Å². The molecule has 2 rings (SSSR count). The van der Waals surface area contributed by atoms with Crippen LogP contribution in [-0.4, -0.2) is 34.0 Å². The topological polar surface area (TPSA) is 32.3 Å². The highest BCUT2D eigenvalue weighted by Crippen LogP contribution is 2.63. The predicted octanol–water partition coefficient (Wildman–Crippen LogP) is 2.60. The Labute approximate surface area is 109 Å². The summed E-state index contributed by atoms with van der Waals surface area (Å²) in [5.74, 6) is 1.43. The fourth-order valence-electron chi connectivity index (χ4n) is 2.21. The van der Waals surface area contributed by atoms with Crippen LogP contribution in [0.3, 0.4) is 0 Å². The molecule has 0 bridgehead atoms. The van der Waals surface area contributed by atoms with Crippen molar-refractivity contribution in [3.05, 3.63) is 0 Å². The average molecular weight is 314 g/mol. The first-order valence-electron chi connectivity index (χ1n) is 5.34. The molecule has 1 N–H and O–H groups in total. The van der Waals surface area contributed by atoms with Gasteiger partial charge in [0.05, 0.1) is 11.4 Å². The van der Waals surface area contributed by atoms with Gasteiger partial charge >= 0.3 is 0 Å². The lowest BCUT2D eigenvalue weighted by molar-refractivity contribution is -0.137. The number of nitrogens with zero attached hydrogens (tertiary/aromatic N) is 1. The molecule has 7 atom stereocenters. The maximum atomic E-state index is 12.3. The van der Waals surface area contributed by atoms with E-state index in [4.69, 9.17) is 0 Å². The molecule has 0 saturated carbocycles. The van der Waals surface area contributed by atoms with Crippen molar-refractivity contribution in [2.75, 3.05) is 5.75 Å². The molecule has 0 aromatic carbocycles. The molecule has 2 aliphatic rings. The molecule has 0 radical (unpaired) electrons. The SMILES string of the molecule is CC1CSC2CCC(NP(P)PP)C(=O)N12. The summed E-state index contributed by atoms with van der Waals surface area (Å²) in [5, 5.41) is 3.92. The van der Waals surface area contributed by atoms with Crippen LogP contribution in [0.5, 0.6) is 0 Å². The van der Waals surface area contributed by atoms with E-state index >= 15 is 0 Å². The van der Waals surface area contributed by atoms with E-state index in [1.807, 2.05) is 11.8 Å². The summed E-state index contributed by atoms with van der Waals surface area (Å²) >= 11 is 1.94. The number of amides is 1. The molecule has 16 heavy (non-hydrogen) atoms. The number of hydrogen-bond donors (Lipinski definition) is 1. The van der Waals surface area contributed by atoms with Crippen molar-refractivity contribution in [2.45, 2.75) is 37.2 Å². The van der Waals surface area contributed by atoms with E-state index in [0.717, 1.165) is 26.6 Å². The maximum Gasteiger partial charge on any atom is 0.241 e. The Morgan fingerprint density at radius 1 is 1.62 bits per heavy atom. The van der Waals surface area contributed by atoms with Gasteiger partial charge in [-0.05, 0) is 19.8 Å². The molecule has 92 valence electrons. The van der Waals surface area contributed by atoms with Gasteiger partial charge in [-0.1, -0.05) is 16.9 Å². The van der Waals surface area contributed by atoms with Crippen molar-refractivity contribution in [2.24, 2.45) is 0 Å². The Balaban J connectivity index is 2.00. The first-order valence-corrected chi connectivity index (χ1v) is 13.0. The van der Waals surface area contributed by atoms with E-state index in [-0.39, 0.29) is 13.5 Å². The number of piperidine rings is 1. The Morgan fingerprint density at radius 3 is 3.06 bits per heavy atom. The van der Waals surface area contributed by atoms with Gasteiger partial charge in [0.1, 0.15) is 0 Å². The molecule has 2 heterocycles. The molecule has 2 saturated heterocycles. The van der Waals surface area contributed by atoms with Crippen LogP contribution in [0.1, 0.15) is 19.8 Å². The number of fused-ring (bicyclic) bond motifs is 1. The lowest BCUT2D eigenvalue weighted by atomic mass is 10.0. The quantitative estimate of drug-likeness (QED) is 0.813. The molecule has 0 aromatic heterocycles. The van der Waals surface area contributed by atoms with Crippen molar-refractivity contribution in [1.82, 2.24) is 9.99 Å². The molecule has 0 aromatic rings. The molecule has 0 spiro atoms. The molecular weight excluding hydrogens is 296 g/mol. The second-order valence-corrected chi connectivity index (χ2v) is 14.3. The summed E-state index contributed by atoms with van der Waals surface area (Å²) in [5.41, 5.74) is 0. The summed E-state index contributed by atoms with van der Waals surface area (Å²) in [4.78, 5) is 14.4. The minimum absolute atomic E-state index is 0.0639. The van der Waals surface area contributed by atoms with Crippen molar-refractivity contribution in [3.8, 4) is 0 Å². The molecule has 3 nitrogen and oxygen atoms in total. The molecule has 0 aliphatic carbocycles. The minimum Gasteiger partial charge on any atom is -0.326 e. The smallest absolute Gasteiger partial charge is 0.241 e. The number of thioether (sulfide) groups is 1. The van der Waals surface area contributed by atoms with Crippen LogP contribution in [0.25, 0.3) is 0 Å². The van der Waals surface area contributed by atoms with Crippen LogP contribution >= 0.6 is 45.0 Å². The van der Waals surface area contributed by atoms with E-state index in [1.165, 1.54) is 0 Å². The molecule has 1 amide bonds. The van der Waals surface area contributed by atoms with Gasteiger partial charge < -0.3 is 4.90 Å². The van der Waals surface area contributed by atoms with Gasteiger partial charge in [-0.15, -0.1) is 20.7 Å². The van der Waals surface area contributed by atoms with Crippen LogP contribution in [0.4, 0.5) is 0 Å². The fraction of sp³-hybridized carbons (Fsp3) is 0.875. The van der Waals surface area contributed by atoms with Crippen molar-refractivity contribution in [1.29, 1.82) is 0 Å². The van der Waals surface area contributed by atoms with Gasteiger partial charge in [-0.3, -0.25) is 9.88 Å². The highest BCUT2D eigenvalue weighted by molar-refractivity contribution is 8.60. The number of rotatable bonds is 3. The van der Waals surface area contributed by atoms with Gasteiger partial charge in [0.15, 0.2) is 0 Å². The highest BCUT2D eigenvalue weighted by atomic mass is 32.6. The molecular formula is C8H18N2OP4S. The van der Waals surface area contributed by atoms with Crippen LogP contribution in [0, 0.1) is 0 Å².